The Hall–Kier alpha value is -0.570. The quantitative estimate of drug-likeness (QED) is 0.565. The van der Waals surface area contributed by atoms with Crippen LogP contribution in [0.25, 0.3) is 0 Å². The molecule has 2 aliphatic heterocycles. The lowest BCUT2D eigenvalue weighted by Gasteiger charge is -2.34. The minimum atomic E-state index is -0.616. The number of aliphatic carboxylic acids is 1. The van der Waals surface area contributed by atoms with Gasteiger partial charge >= 0.3 is 5.97 Å². The molecule has 0 saturated carbocycles. The average molecular weight is 141 g/mol. The molecule has 2 rings (SSSR count). The smallest absolute Gasteiger partial charge is 0.307 e. The molecule has 0 amide bonds. The second-order valence-corrected chi connectivity index (χ2v) is 3.21. The minimum absolute atomic E-state index is 0.0764. The van der Waals surface area contributed by atoms with E-state index in [1.807, 2.05) is 0 Å². The van der Waals surface area contributed by atoms with Gasteiger partial charge in [0.2, 0.25) is 0 Å². The summed E-state index contributed by atoms with van der Waals surface area (Å²) in [5.41, 5.74) is 0. The number of nitrogens with zero attached hydrogens (tertiary/aromatic N) is 1. The molecule has 0 aliphatic carbocycles. The molecule has 0 bridgehead atoms. The molecule has 1 unspecified atom stereocenters. The lowest BCUT2D eigenvalue weighted by Crippen LogP contribution is -2.42. The van der Waals surface area contributed by atoms with E-state index < -0.39 is 5.97 Å². The lowest BCUT2D eigenvalue weighted by molar-refractivity contribution is -0.141. The molecule has 2 atom stereocenters. The van der Waals surface area contributed by atoms with Crippen LogP contribution in [0.2, 0.25) is 0 Å². The minimum Gasteiger partial charge on any atom is -0.481 e. The zero-order valence-corrected chi connectivity index (χ0v) is 5.79. The van der Waals surface area contributed by atoms with Crippen LogP contribution in [0.15, 0.2) is 0 Å². The van der Waals surface area contributed by atoms with E-state index in [0.29, 0.717) is 6.04 Å². The molecule has 1 N–H and O–H groups in total. The standard InChI is InChI=1S/C7H11NO2/c9-7(10)5-3-6-1-2-8(6)4-5/h5-6H,1-4H2,(H,9,10)/t5?,6-/m1/s1. The van der Waals surface area contributed by atoms with Gasteiger partial charge in [0.15, 0.2) is 0 Å². The Labute approximate surface area is 59.6 Å². The van der Waals surface area contributed by atoms with Crippen LogP contribution < -0.4 is 0 Å². The van der Waals surface area contributed by atoms with Crippen LogP contribution in [0.3, 0.4) is 0 Å². The Balaban J connectivity index is 1.98. The Morgan fingerprint density at radius 2 is 2.40 bits per heavy atom. The zero-order chi connectivity index (χ0) is 7.14. The molecule has 0 aromatic carbocycles. The molecule has 0 aromatic heterocycles. The van der Waals surface area contributed by atoms with E-state index in [9.17, 15) is 4.79 Å². The van der Waals surface area contributed by atoms with Crippen LogP contribution in [0, 0.1) is 5.92 Å². The fourth-order valence-electron chi connectivity index (χ4n) is 1.87. The van der Waals surface area contributed by atoms with E-state index in [2.05, 4.69) is 4.90 Å². The van der Waals surface area contributed by atoms with Gasteiger partial charge in [-0.15, -0.1) is 0 Å². The number of carbonyl (C=O) groups is 1. The van der Waals surface area contributed by atoms with Crippen LogP contribution >= 0.6 is 0 Å². The first-order valence-corrected chi connectivity index (χ1v) is 3.74. The highest BCUT2D eigenvalue weighted by molar-refractivity contribution is 5.70. The summed E-state index contributed by atoms with van der Waals surface area (Å²) in [4.78, 5) is 12.8. The maximum atomic E-state index is 10.5. The summed E-state index contributed by atoms with van der Waals surface area (Å²) in [6.45, 7) is 1.91. The van der Waals surface area contributed by atoms with E-state index in [1.54, 1.807) is 0 Å². The summed E-state index contributed by atoms with van der Waals surface area (Å²) in [5, 5.41) is 8.65. The second-order valence-electron chi connectivity index (χ2n) is 3.21. The van der Waals surface area contributed by atoms with Crippen molar-refractivity contribution < 1.29 is 9.90 Å². The molecule has 0 radical (unpaired) electrons. The topological polar surface area (TPSA) is 40.5 Å². The van der Waals surface area contributed by atoms with E-state index in [4.69, 9.17) is 5.11 Å². The molecule has 0 aromatic rings. The highest BCUT2D eigenvalue weighted by Gasteiger charge is 2.40. The molecule has 10 heavy (non-hydrogen) atoms. The van der Waals surface area contributed by atoms with Gasteiger partial charge < -0.3 is 5.11 Å². The van der Waals surface area contributed by atoms with E-state index in [-0.39, 0.29) is 5.92 Å². The molecule has 2 aliphatic rings. The van der Waals surface area contributed by atoms with Crippen molar-refractivity contribution in [2.75, 3.05) is 13.1 Å². The summed E-state index contributed by atoms with van der Waals surface area (Å²) < 4.78 is 0. The molecule has 3 heteroatoms. The van der Waals surface area contributed by atoms with E-state index in [0.717, 1.165) is 19.5 Å². The van der Waals surface area contributed by atoms with E-state index >= 15 is 0 Å². The lowest BCUT2D eigenvalue weighted by atomic mass is 10.0. The maximum absolute atomic E-state index is 10.5. The van der Waals surface area contributed by atoms with Gasteiger partial charge in [0.05, 0.1) is 5.92 Å². The third kappa shape index (κ3) is 0.736. The van der Waals surface area contributed by atoms with Crippen LogP contribution in [0.4, 0.5) is 0 Å². The van der Waals surface area contributed by atoms with Crippen molar-refractivity contribution in [2.45, 2.75) is 18.9 Å². The predicted molar refractivity (Wildman–Crippen MR) is 35.7 cm³/mol. The summed E-state index contributed by atoms with van der Waals surface area (Å²) in [7, 11) is 0. The van der Waals surface area contributed by atoms with Gasteiger partial charge in [0.1, 0.15) is 0 Å². The van der Waals surface area contributed by atoms with Crippen molar-refractivity contribution in [3.63, 3.8) is 0 Å². The Kier molecular flexibility index (Phi) is 1.20. The summed E-state index contributed by atoms with van der Waals surface area (Å²) in [6, 6.07) is 0.612. The Morgan fingerprint density at radius 1 is 1.60 bits per heavy atom. The first-order valence-electron chi connectivity index (χ1n) is 3.74. The normalized spacial score (nSPS) is 38.8. The van der Waals surface area contributed by atoms with Gasteiger partial charge in [-0.05, 0) is 19.4 Å². The van der Waals surface area contributed by atoms with Crippen molar-refractivity contribution in [1.82, 2.24) is 4.90 Å². The first kappa shape index (κ1) is 6.16. The Morgan fingerprint density at radius 3 is 2.70 bits per heavy atom. The third-order valence-corrected chi connectivity index (χ3v) is 2.63. The first-order chi connectivity index (χ1) is 4.77. The van der Waals surface area contributed by atoms with Gasteiger partial charge in [-0.2, -0.15) is 0 Å². The molecule has 2 fully saturated rings. The SMILES string of the molecule is O=C(O)C1C[C@H]2CCN2C1. The highest BCUT2D eigenvalue weighted by atomic mass is 16.4. The zero-order valence-electron chi connectivity index (χ0n) is 5.79. The van der Waals surface area contributed by atoms with E-state index in [1.165, 1.54) is 6.42 Å². The molecule has 3 nitrogen and oxygen atoms in total. The van der Waals surface area contributed by atoms with Crippen molar-refractivity contribution in [3.05, 3.63) is 0 Å². The van der Waals surface area contributed by atoms with Crippen LogP contribution in [0.5, 0.6) is 0 Å². The van der Waals surface area contributed by atoms with Crippen molar-refractivity contribution in [3.8, 4) is 0 Å². The number of hydrogen-bond donors (Lipinski definition) is 1. The molecular weight excluding hydrogens is 130 g/mol. The number of rotatable bonds is 1. The van der Waals surface area contributed by atoms with Crippen molar-refractivity contribution in [1.29, 1.82) is 0 Å². The number of carboxylic acids is 1. The fourth-order valence-corrected chi connectivity index (χ4v) is 1.87. The molecule has 2 heterocycles. The maximum Gasteiger partial charge on any atom is 0.307 e. The largest absolute Gasteiger partial charge is 0.481 e. The van der Waals surface area contributed by atoms with Crippen molar-refractivity contribution >= 4 is 5.97 Å². The van der Waals surface area contributed by atoms with Crippen LogP contribution in [-0.4, -0.2) is 35.1 Å². The van der Waals surface area contributed by atoms with Crippen molar-refractivity contribution in [2.24, 2.45) is 5.92 Å². The van der Waals surface area contributed by atoms with Gasteiger partial charge in [0.25, 0.3) is 0 Å². The summed E-state index contributed by atoms with van der Waals surface area (Å²) in [6.07, 6.45) is 2.10. The predicted octanol–water partition coefficient (Wildman–Crippen LogP) is 0.165. The van der Waals surface area contributed by atoms with Crippen LogP contribution in [-0.2, 0) is 4.79 Å². The molecule has 2 saturated heterocycles. The van der Waals surface area contributed by atoms with Gasteiger partial charge in [-0.1, -0.05) is 0 Å². The van der Waals surface area contributed by atoms with Gasteiger partial charge in [-0.3, -0.25) is 9.69 Å². The summed E-state index contributed by atoms with van der Waals surface area (Å²) in [5.74, 6) is -0.693. The highest BCUT2D eigenvalue weighted by Crippen LogP contribution is 2.32. The van der Waals surface area contributed by atoms with Gasteiger partial charge in [0, 0.05) is 12.6 Å². The molecular formula is C7H11NO2. The number of fused-ring (bicyclic) bond motifs is 1. The Bertz CT molecular complexity index is 157. The molecule has 56 valence electrons. The van der Waals surface area contributed by atoms with Gasteiger partial charge in [-0.25, -0.2) is 0 Å². The molecule has 0 spiro atoms. The fraction of sp³-hybridized carbons (Fsp3) is 0.857. The number of carboxylic acid groups (broad SMARTS) is 1. The third-order valence-electron chi connectivity index (χ3n) is 2.63. The second kappa shape index (κ2) is 1.95. The summed E-state index contributed by atoms with van der Waals surface area (Å²) >= 11 is 0. The average Bonchev–Trinajstić information content (AvgIpc) is 2.09. The van der Waals surface area contributed by atoms with Crippen LogP contribution in [0.1, 0.15) is 12.8 Å². The number of hydrogen-bond acceptors (Lipinski definition) is 2. The monoisotopic (exact) mass is 141 g/mol.